The van der Waals surface area contributed by atoms with Crippen molar-refractivity contribution in [2.75, 3.05) is 6.54 Å². The number of nitrogens with one attached hydrogen (secondary N) is 1. The molecule has 0 aromatic carbocycles. The number of hydrogen-bond acceptors (Lipinski definition) is 2. The molecule has 0 radical (unpaired) electrons. The van der Waals surface area contributed by atoms with Gasteiger partial charge in [0.1, 0.15) is 5.82 Å². The topological polar surface area (TPSA) is 29.9 Å². The molecule has 90 valence electrons. The van der Waals surface area contributed by atoms with Gasteiger partial charge in [0.15, 0.2) is 0 Å². The van der Waals surface area contributed by atoms with Crippen molar-refractivity contribution in [3.8, 4) is 0 Å². The highest BCUT2D eigenvalue weighted by Gasteiger charge is 2.35. The molecule has 0 saturated heterocycles. The molecular weight excluding hydrogens is 198 g/mol. The van der Waals surface area contributed by atoms with E-state index in [1.165, 1.54) is 18.7 Å². The summed E-state index contributed by atoms with van der Waals surface area (Å²) in [6.07, 6.45) is 6.60. The zero-order chi connectivity index (χ0) is 11.5. The molecule has 1 saturated carbocycles. The van der Waals surface area contributed by atoms with Crippen LogP contribution in [0.3, 0.4) is 0 Å². The zero-order valence-corrected chi connectivity index (χ0v) is 10.6. The van der Waals surface area contributed by atoms with Crippen LogP contribution in [-0.4, -0.2) is 22.1 Å². The van der Waals surface area contributed by atoms with Crippen molar-refractivity contribution in [2.24, 2.45) is 5.92 Å². The maximum atomic E-state index is 4.55. The summed E-state index contributed by atoms with van der Waals surface area (Å²) in [6.45, 7) is 8.84. The molecule has 0 amide bonds. The van der Waals surface area contributed by atoms with Crippen molar-refractivity contribution in [3.05, 3.63) is 18.2 Å². The molecule has 1 aliphatic carbocycles. The van der Waals surface area contributed by atoms with Crippen LogP contribution in [0.15, 0.2) is 12.4 Å². The Labute approximate surface area is 98.3 Å². The second kappa shape index (κ2) is 5.00. The van der Waals surface area contributed by atoms with Crippen LogP contribution < -0.4 is 5.32 Å². The first-order chi connectivity index (χ1) is 7.77. The molecule has 3 heteroatoms. The van der Waals surface area contributed by atoms with E-state index in [0.29, 0.717) is 17.9 Å². The van der Waals surface area contributed by atoms with Crippen LogP contribution in [0.4, 0.5) is 0 Å². The summed E-state index contributed by atoms with van der Waals surface area (Å²) in [5, 5.41) is 3.59. The van der Waals surface area contributed by atoms with E-state index in [2.05, 4.69) is 41.8 Å². The minimum absolute atomic E-state index is 0.638. The van der Waals surface area contributed by atoms with Gasteiger partial charge in [-0.3, -0.25) is 0 Å². The van der Waals surface area contributed by atoms with E-state index in [1.807, 2.05) is 6.20 Å². The Morgan fingerprint density at radius 1 is 1.44 bits per heavy atom. The summed E-state index contributed by atoms with van der Waals surface area (Å²) in [7, 11) is 0. The van der Waals surface area contributed by atoms with Gasteiger partial charge in [-0.1, -0.05) is 13.8 Å². The highest BCUT2D eigenvalue weighted by Crippen LogP contribution is 2.38. The fourth-order valence-corrected chi connectivity index (χ4v) is 3.00. The minimum Gasteiger partial charge on any atom is -0.335 e. The van der Waals surface area contributed by atoms with Crippen molar-refractivity contribution in [3.63, 3.8) is 0 Å². The highest BCUT2D eigenvalue weighted by molar-refractivity contribution is 5.07. The first kappa shape index (κ1) is 11.6. The molecule has 1 N–H and O–H groups in total. The third kappa shape index (κ3) is 2.01. The third-order valence-electron chi connectivity index (χ3n) is 3.94. The van der Waals surface area contributed by atoms with E-state index in [4.69, 9.17) is 0 Å². The van der Waals surface area contributed by atoms with Crippen molar-refractivity contribution < 1.29 is 0 Å². The normalized spacial score (nSPS) is 29.8. The van der Waals surface area contributed by atoms with E-state index in [0.717, 1.165) is 13.1 Å². The van der Waals surface area contributed by atoms with Crippen LogP contribution in [0.5, 0.6) is 0 Å². The Morgan fingerprint density at radius 2 is 2.25 bits per heavy atom. The van der Waals surface area contributed by atoms with Crippen LogP contribution in [-0.2, 0) is 6.54 Å². The SMILES string of the molecule is CCNC1CCC(c2nccn2CC)C1C. The number of imidazole rings is 1. The lowest BCUT2D eigenvalue weighted by molar-refractivity contribution is 0.398. The Kier molecular flexibility index (Phi) is 3.64. The summed E-state index contributed by atoms with van der Waals surface area (Å²) in [4.78, 5) is 4.55. The Hall–Kier alpha value is -0.830. The monoisotopic (exact) mass is 221 g/mol. The molecular formula is C13H23N3. The average Bonchev–Trinajstić information content (AvgIpc) is 2.87. The van der Waals surface area contributed by atoms with Gasteiger partial charge in [0, 0.05) is 30.9 Å². The smallest absolute Gasteiger partial charge is 0.112 e. The molecule has 1 aromatic rings. The number of aromatic nitrogens is 2. The van der Waals surface area contributed by atoms with Crippen LogP contribution in [0.2, 0.25) is 0 Å². The van der Waals surface area contributed by atoms with Crippen molar-refractivity contribution in [1.29, 1.82) is 0 Å². The number of aryl methyl sites for hydroxylation is 1. The summed E-state index contributed by atoms with van der Waals surface area (Å²) >= 11 is 0. The fraction of sp³-hybridized carbons (Fsp3) is 0.769. The maximum absolute atomic E-state index is 4.55. The first-order valence-electron chi connectivity index (χ1n) is 6.52. The van der Waals surface area contributed by atoms with E-state index in [1.54, 1.807) is 0 Å². The van der Waals surface area contributed by atoms with Gasteiger partial charge in [-0.05, 0) is 32.2 Å². The summed E-state index contributed by atoms with van der Waals surface area (Å²) in [6, 6.07) is 0.678. The molecule has 2 rings (SSSR count). The molecule has 3 atom stereocenters. The molecule has 3 nitrogen and oxygen atoms in total. The second-order valence-electron chi connectivity index (χ2n) is 4.78. The Morgan fingerprint density at radius 3 is 2.94 bits per heavy atom. The van der Waals surface area contributed by atoms with E-state index >= 15 is 0 Å². The van der Waals surface area contributed by atoms with Gasteiger partial charge in [0.2, 0.25) is 0 Å². The summed E-state index contributed by atoms with van der Waals surface area (Å²) in [5.74, 6) is 2.63. The quantitative estimate of drug-likeness (QED) is 0.846. The molecule has 1 fully saturated rings. The van der Waals surface area contributed by atoms with Crippen LogP contribution >= 0.6 is 0 Å². The highest BCUT2D eigenvalue weighted by atomic mass is 15.1. The molecule has 16 heavy (non-hydrogen) atoms. The van der Waals surface area contributed by atoms with Gasteiger partial charge in [-0.25, -0.2) is 4.98 Å². The molecule has 1 heterocycles. The molecule has 0 aliphatic heterocycles. The molecule has 1 aliphatic rings. The lowest BCUT2D eigenvalue weighted by Crippen LogP contribution is -2.32. The van der Waals surface area contributed by atoms with Crippen LogP contribution in [0.25, 0.3) is 0 Å². The third-order valence-corrected chi connectivity index (χ3v) is 3.94. The van der Waals surface area contributed by atoms with Gasteiger partial charge < -0.3 is 9.88 Å². The van der Waals surface area contributed by atoms with Gasteiger partial charge in [0.25, 0.3) is 0 Å². The molecule has 0 spiro atoms. The predicted octanol–water partition coefficient (Wildman–Crippen LogP) is 2.39. The molecule has 1 aromatic heterocycles. The van der Waals surface area contributed by atoms with Gasteiger partial charge in [-0.15, -0.1) is 0 Å². The van der Waals surface area contributed by atoms with E-state index < -0.39 is 0 Å². The number of hydrogen-bond donors (Lipinski definition) is 1. The Balaban J connectivity index is 2.11. The van der Waals surface area contributed by atoms with Gasteiger partial charge >= 0.3 is 0 Å². The zero-order valence-electron chi connectivity index (χ0n) is 10.6. The van der Waals surface area contributed by atoms with Crippen molar-refractivity contribution in [1.82, 2.24) is 14.9 Å². The molecule has 0 bridgehead atoms. The minimum atomic E-state index is 0.638. The molecule has 3 unspecified atom stereocenters. The number of rotatable bonds is 4. The van der Waals surface area contributed by atoms with Gasteiger partial charge in [-0.2, -0.15) is 0 Å². The standard InChI is InChI=1S/C13H23N3/c1-4-14-12-7-6-11(10(12)3)13-15-8-9-16(13)5-2/h8-12,14H,4-7H2,1-3H3. The number of nitrogens with zero attached hydrogens (tertiary/aromatic N) is 2. The maximum Gasteiger partial charge on any atom is 0.112 e. The van der Waals surface area contributed by atoms with Crippen LogP contribution in [0, 0.1) is 5.92 Å². The second-order valence-corrected chi connectivity index (χ2v) is 4.78. The van der Waals surface area contributed by atoms with E-state index in [-0.39, 0.29) is 0 Å². The first-order valence-corrected chi connectivity index (χ1v) is 6.52. The average molecular weight is 221 g/mol. The predicted molar refractivity (Wildman–Crippen MR) is 66.5 cm³/mol. The van der Waals surface area contributed by atoms with Crippen molar-refractivity contribution in [2.45, 2.75) is 52.1 Å². The summed E-state index contributed by atoms with van der Waals surface area (Å²) < 4.78 is 2.29. The summed E-state index contributed by atoms with van der Waals surface area (Å²) in [5.41, 5.74) is 0. The fourth-order valence-electron chi connectivity index (χ4n) is 3.00. The van der Waals surface area contributed by atoms with E-state index in [9.17, 15) is 0 Å². The van der Waals surface area contributed by atoms with Gasteiger partial charge in [0.05, 0.1) is 0 Å². The lowest BCUT2D eigenvalue weighted by Gasteiger charge is -2.21. The lowest BCUT2D eigenvalue weighted by atomic mass is 9.95. The van der Waals surface area contributed by atoms with Crippen molar-refractivity contribution >= 4 is 0 Å². The van der Waals surface area contributed by atoms with Crippen LogP contribution in [0.1, 0.15) is 45.4 Å². The Bertz CT molecular complexity index is 332. The largest absolute Gasteiger partial charge is 0.335 e.